The Morgan fingerprint density at radius 2 is 1.92 bits per heavy atom. The second-order valence-corrected chi connectivity index (χ2v) is 7.06. The molecule has 2 aliphatic rings. The van der Waals surface area contributed by atoms with Crippen LogP contribution in [-0.4, -0.2) is 58.2 Å². The summed E-state index contributed by atoms with van der Waals surface area (Å²) < 4.78 is 4.68. The van der Waals surface area contributed by atoms with Gasteiger partial charge in [0.05, 0.1) is 6.42 Å². The molecule has 1 fully saturated rings. The normalized spacial score (nSPS) is 21.2. The van der Waals surface area contributed by atoms with Crippen LogP contribution in [0.2, 0.25) is 0 Å². The molecule has 1 aromatic carbocycles. The van der Waals surface area contributed by atoms with Gasteiger partial charge in [-0.15, -0.1) is 0 Å². The monoisotopic (exact) mass is 340 g/mol. The fourth-order valence-corrected chi connectivity index (χ4v) is 3.99. The van der Waals surface area contributed by atoms with Crippen LogP contribution in [-0.2, 0) is 24.1 Å². The molecule has 6 nitrogen and oxygen atoms in total. The van der Waals surface area contributed by atoms with E-state index in [0.29, 0.717) is 17.4 Å². The van der Waals surface area contributed by atoms with Crippen molar-refractivity contribution in [2.24, 2.45) is 0 Å². The summed E-state index contributed by atoms with van der Waals surface area (Å²) >= 11 is 0. The summed E-state index contributed by atoms with van der Waals surface area (Å²) in [6, 6.07) is 9.39. The van der Waals surface area contributed by atoms with Crippen LogP contribution >= 0.6 is 0 Å². The Kier molecular flexibility index (Phi) is 4.53. The first kappa shape index (κ1) is 16.3. The van der Waals surface area contributed by atoms with E-state index >= 15 is 0 Å². The van der Waals surface area contributed by atoms with Gasteiger partial charge in [0, 0.05) is 32.2 Å². The molecular weight excluding hydrogens is 316 g/mol. The molecule has 4 rings (SSSR count). The molecule has 25 heavy (non-hydrogen) atoms. The van der Waals surface area contributed by atoms with Gasteiger partial charge in [-0.2, -0.15) is 0 Å². The summed E-state index contributed by atoms with van der Waals surface area (Å²) in [6.45, 7) is 5.31. The SMILES string of the molecule is Cc1nonc1CC(=O)N1CCN([C@H]2CCc3ccccc3C2)CC1. The van der Waals surface area contributed by atoms with Crippen molar-refractivity contribution >= 4 is 5.91 Å². The van der Waals surface area contributed by atoms with Gasteiger partial charge < -0.3 is 4.90 Å². The highest BCUT2D eigenvalue weighted by Gasteiger charge is 2.29. The molecule has 0 spiro atoms. The van der Waals surface area contributed by atoms with Crippen LogP contribution in [0.3, 0.4) is 0 Å². The van der Waals surface area contributed by atoms with E-state index in [-0.39, 0.29) is 12.3 Å². The second kappa shape index (κ2) is 6.96. The molecule has 0 unspecified atom stereocenters. The van der Waals surface area contributed by atoms with Crippen molar-refractivity contribution in [3.8, 4) is 0 Å². The van der Waals surface area contributed by atoms with E-state index in [9.17, 15) is 4.79 Å². The third kappa shape index (κ3) is 3.44. The Balaban J connectivity index is 1.31. The third-order valence-electron chi connectivity index (χ3n) is 5.57. The number of carbonyl (C=O) groups is 1. The largest absolute Gasteiger partial charge is 0.340 e. The lowest BCUT2D eigenvalue weighted by Gasteiger charge is -2.41. The van der Waals surface area contributed by atoms with Crippen LogP contribution in [0.25, 0.3) is 0 Å². The molecule has 6 heteroatoms. The predicted molar refractivity (Wildman–Crippen MR) is 93.1 cm³/mol. The van der Waals surface area contributed by atoms with Crippen molar-refractivity contribution in [2.75, 3.05) is 26.2 Å². The fraction of sp³-hybridized carbons (Fsp3) is 0.526. The highest BCUT2D eigenvalue weighted by Crippen LogP contribution is 2.25. The quantitative estimate of drug-likeness (QED) is 0.850. The molecule has 0 N–H and O–H groups in total. The van der Waals surface area contributed by atoms with Crippen LogP contribution in [0.5, 0.6) is 0 Å². The number of rotatable bonds is 3. The predicted octanol–water partition coefficient (Wildman–Crippen LogP) is 1.62. The van der Waals surface area contributed by atoms with Crippen LogP contribution < -0.4 is 0 Å². The van der Waals surface area contributed by atoms with Crippen molar-refractivity contribution in [3.63, 3.8) is 0 Å². The number of benzene rings is 1. The van der Waals surface area contributed by atoms with Gasteiger partial charge in [0.15, 0.2) is 0 Å². The van der Waals surface area contributed by atoms with E-state index in [1.807, 2.05) is 11.8 Å². The molecule has 0 saturated carbocycles. The minimum absolute atomic E-state index is 0.118. The average molecular weight is 340 g/mol. The van der Waals surface area contributed by atoms with E-state index in [2.05, 4.69) is 44.1 Å². The van der Waals surface area contributed by atoms with E-state index < -0.39 is 0 Å². The smallest absolute Gasteiger partial charge is 0.228 e. The summed E-state index contributed by atoms with van der Waals surface area (Å²) in [6.07, 6.45) is 3.80. The van der Waals surface area contributed by atoms with E-state index in [1.165, 1.54) is 24.0 Å². The first-order valence-corrected chi connectivity index (χ1v) is 9.07. The molecule has 1 atom stereocenters. The summed E-state index contributed by atoms with van der Waals surface area (Å²) in [4.78, 5) is 17.0. The van der Waals surface area contributed by atoms with Crippen LogP contribution in [0.4, 0.5) is 0 Å². The Morgan fingerprint density at radius 3 is 2.64 bits per heavy atom. The molecule has 2 aromatic rings. The molecule has 132 valence electrons. The molecule has 1 saturated heterocycles. The Labute approximate surface area is 147 Å². The zero-order valence-corrected chi connectivity index (χ0v) is 14.6. The van der Waals surface area contributed by atoms with Gasteiger partial charge in [0.1, 0.15) is 11.4 Å². The van der Waals surface area contributed by atoms with Gasteiger partial charge in [0.2, 0.25) is 5.91 Å². The summed E-state index contributed by atoms with van der Waals surface area (Å²) in [5.74, 6) is 0.118. The second-order valence-electron chi connectivity index (χ2n) is 7.06. The van der Waals surface area contributed by atoms with Crippen LogP contribution in [0.15, 0.2) is 28.9 Å². The molecule has 1 amide bonds. The first-order valence-electron chi connectivity index (χ1n) is 9.07. The van der Waals surface area contributed by atoms with Crippen molar-refractivity contribution in [3.05, 3.63) is 46.8 Å². The van der Waals surface area contributed by atoms with Gasteiger partial charge >= 0.3 is 0 Å². The molecule has 2 heterocycles. The lowest BCUT2D eigenvalue weighted by atomic mass is 9.87. The number of aryl methyl sites for hydroxylation is 2. The first-order chi connectivity index (χ1) is 12.2. The molecule has 0 bridgehead atoms. The zero-order chi connectivity index (χ0) is 17.2. The van der Waals surface area contributed by atoms with Crippen LogP contribution in [0.1, 0.15) is 28.9 Å². The standard InChI is InChI=1S/C19H24N4O2/c1-14-18(21-25-20-14)13-19(24)23-10-8-22(9-11-23)17-7-6-15-4-2-3-5-16(15)12-17/h2-5,17H,6-13H2,1H3/t17-/m0/s1. The molecule has 1 aromatic heterocycles. The van der Waals surface area contributed by atoms with E-state index in [1.54, 1.807) is 0 Å². The average Bonchev–Trinajstić information content (AvgIpc) is 3.06. The minimum atomic E-state index is 0.118. The zero-order valence-electron chi connectivity index (χ0n) is 14.6. The number of amides is 1. The minimum Gasteiger partial charge on any atom is -0.340 e. The number of aromatic nitrogens is 2. The van der Waals surface area contributed by atoms with Gasteiger partial charge in [-0.3, -0.25) is 9.69 Å². The molecular formula is C19H24N4O2. The third-order valence-corrected chi connectivity index (χ3v) is 5.57. The van der Waals surface area contributed by atoms with E-state index in [4.69, 9.17) is 0 Å². The van der Waals surface area contributed by atoms with Gasteiger partial charge in [0.25, 0.3) is 0 Å². The summed E-state index contributed by atoms with van der Waals surface area (Å²) in [5, 5.41) is 7.56. The van der Waals surface area contributed by atoms with Crippen molar-refractivity contribution in [2.45, 2.75) is 38.6 Å². The number of piperazine rings is 1. The summed E-state index contributed by atoms with van der Waals surface area (Å²) in [7, 11) is 0. The number of hydrogen-bond donors (Lipinski definition) is 0. The van der Waals surface area contributed by atoms with Crippen molar-refractivity contribution < 1.29 is 9.42 Å². The van der Waals surface area contributed by atoms with Gasteiger partial charge in [-0.25, -0.2) is 4.63 Å². The maximum atomic E-state index is 12.5. The van der Waals surface area contributed by atoms with Crippen LogP contribution in [0, 0.1) is 6.92 Å². The highest BCUT2D eigenvalue weighted by molar-refractivity contribution is 5.78. The maximum absolute atomic E-state index is 12.5. The Bertz CT molecular complexity index is 749. The van der Waals surface area contributed by atoms with Crippen molar-refractivity contribution in [1.29, 1.82) is 0 Å². The number of nitrogens with zero attached hydrogens (tertiary/aromatic N) is 4. The number of fused-ring (bicyclic) bond motifs is 1. The lowest BCUT2D eigenvalue weighted by Crippen LogP contribution is -2.53. The molecule has 1 aliphatic heterocycles. The van der Waals surface area contributed by atoms with E-state index in [0.717, 1.165) is 32.6 Å². The summed E-state index contributed by atoms with van der Waals surface area (Å²) in [5.41, 5.74) is 4.35. The van der Waals surface area contributed by atoms with Gasteiger partial charge in [-0.1, -0.05) is 34.6 Å². The topological polar surface area (TPSA) is 62.5 Å². The maximum Gasteiger partial charge on any atom is 0.228 e. The number of carbonyl (C=O) groups excluding carboxylic acids is 1. The van der Waals surface area contributed by atoms with Gasteiger partial charge in [-0.05, 0) is 37.3 Å². The molecule has 1 aliphatic carbocycles. The molecule has 0 radical (unpaired) electrons. The Hall–Kier alpha value is -2.21. The lowest BCUT2D eigenvalue weighted by molar-refractivity contribution is -0.132. The number of hydrogen-bond acceptors (Lipinski definition) is 5. The highest BCUT2D eigenvalue weighted by atomic mass is 16.6. The van der Waals surface area contributed by atoms with Crippen molar-refractivity contribution in [1.82, 2.24) is 20.1 Å². The fourth-order valence-electron chi connectivity index (χ4n) is 3.99. The Morgan fingerprint density at radius 1 is 1.16 bits per heavy atom.